The van der Waals surface area contributed by atoms with Gasteiger partial charge < -0.3 is 14.7 Å². The quantitative estimate of drug-likeness (QED) is 0.485. The molecule has 1 saturated heterocycles. The van der Waals surface area contributed by atoms with Gasteiger partial charge in [-0.15, -0.1) is 0 Å². The Bertz CT molecular complexity index is 995. The van der Waals surface area contributed by atoms with Crippen molar-refractivity contribution in [2.24, 2.45) is 5.92 Å². The summed E-state index contributed by atoms with van der Waals surface area (Å²) in [4.78, 5) is 14.8. The van der Waals surface area contributed by atoms with E-state index in [1.807, 2.05) is 48.5 Å². The van der Waals surface area contributed by atoms with E-state index in [0.717, 1.165) is 23.4 Å². The molecule has 0 bridgehead atoms. The van der Waals surface area contributed by atoms with Crippen LogP contribution in [0.5, 0.6) is 11.5 Å². The lowest BCUT2D eigenvalue weighted by molar-refractivity contribution is -0.128. The van der Waals surface area contributed by atoms with E-state index in [0.29, 0.717) is 0 Å². The minimum atomic E-state index is -0.204. The Balaban J connectivity index is 1.55. The molecule has 4 heteroatoms. The zero-order chi connectivity index (χ0) is 20.2. The number of amides is 1. The monoisotopic (exact) mass is 385 g/mol. The molecule has 0 radical (unpaired) electrons. The third-order valence-corrected chi connectivity index (χ3v) is 5.27. The van der Waals surface area contributed by atoms with Gasteiger partial charge in [-0.05, 0) is 53.9 Å². The van der Waals surface area contributed by atoms with Crippen LogP contribution in [-0.2, 0) is 11.2 Å². The third kappa shape index (κ3) is 3.87. The van der Waals surface area contributed by atoms with Crippen molar-refractivity contribution in [3.05, 3.63) is 102 Å². The summed E-state index contributed by atoms with van der Waals surface area (Å²) in [6, 6.07) is 24.7. The number of rotatable bonds is 6. The summed E-state index contributed by atoms with van der Waals surface area (Å²) in [6.45, 7) is 0. The zero-order valence-corrected chi connectivity index (χ0v) is 16.2. The molecule has 3 aromatic rings. The number of carbonyl (C=O) groups excluding carboxylic acids is 1. The molecule has 0 saturated carbocycles. The lowest BCUT2D eigenvalue weighted by Gasteiger charge is -2.46. The second-order valence-corrected chi connectivity index (χ2v) is 7.09. The molecule has 0 aromatic heterocycles. The lowest BCUT2D eigenvalue weighted by Crippen LogP contribution is -2.54. The van der Waals surface area contributed by atoms with Crippen molar-refractivity contribution in [1.29, 1.82) is 0 Å². The minimum absolute atomic E-state index is 0.0552. The molecule has 3 aromatic carbocycles. The van der Waals surface area contributed by atoms with Gasteiger partial charge in [-0.2, -0.15) is 0 Å². The number of hydrogen-bond donors (Lipinski definition) is 1. The van der Waals surface area contributed by atoms with Crippen molar-refractivity contribution in [2.75, 3.05) is 12.0 Å². The fourth-order valence-electron chi connectivity index (χ4n) is 3.72. The number of hydrogen-bond acceptors (Lipinski definition) is 3. The Morgan fingerprint density at radius 3 is 2.31 bits per heavy atom. The van der Waals surface area contributed by atoms with Crippen LogP contribution in [0.15, 0.2) is 91.0 Å². The Kier molecular flexibility index (Phi) is 5.34. The number of ether oxygens (including phenoxy) is 1. The van der Waals surface area contributed by atoms with Gasteiger partial charge in [-0.25, -0.2) is 0 Å². The average molecular weight is 385 g/mol. The van der Waals surface area contributed by atoms with Crippen molar-refractivity contribution < 1.29 is 14.6 Å². The molecule has 29 heavy (non-hydrogen) atoms. The van der Waals surface area contributed by atoms with Crippen molar-refractivity contribution in [1.82, 2.24) is 0 Å². The topological polar surface area (TPSA) is 49.8 Å². The van der Waals surface area contributed by atoms with Crippen LogP contribution in [0.2, 0.25) is 0 Å². The van der Waals surface area contributed by atoms with Gasteiger partial charge in [0, 0.05) is 5.69 Å². The zero-order valence-electron chi connectivity index (χ0n) is 16.2. The maximum atomic E-state index is 13.0. The van der Waals surface area contributed by atoms with Crippen LogP contribution in [0.4, 0.5) is 5.69 Å². The van der Waals surface area contributed by atoms with Gasteiger partial charge in [-0.1, -0.05) is 54.6 Å². The first-order valence-electron chi connectivity index (χ1n) is 9.64. The fourth-order valence-corrected chi connectivity index (χ4v) is 3.72. The number of nitrogens with zero attached hydrogens (tertiary/aromatic N) is 1. The van der Waals surface area contributed by atoms with Crippen LogP contribution in [0.3, 0.4) is 0 Å². The Morgan fingerprint density at radius 2 is 1.66 bits per heavy atom. The van der Waals surface area contributed by atoms with Crippen LogP contribution in [0, 0.1) is 5.92 Å². The molecule has 1 N–H and O–H groups in total. The van der Waals surface area contributed by atoms with Crippen molar-refractivity contribution in [3.8, 4) is 11.5 Å². The molecule has 1 aliphatic rings. The van der Waals surface area contributed by atoms with E-state index in [9.17, 15) is 9.90 Å². The van der Waals surface area contributed by atoms with E-state index in [-0.39, 0.29) is 23.6 Å². The second-order valence-electron chi connectivity index (χ2n) is 7.09. The summed E-state index contributed by atoms with van der Waals surface area (Å²) in [5.74, 6) is 0.884. The fraction of sp³-hybridized carbons (Fsp3) is 0.160. The molecule has 1 amide bonds. The summed E-state index contributed by atoms with van der Waals surface area (Å²) < 4.78 is 5.19. The minimum Gasteiger partial charge on any atom is -0.508 e. The van der Waals surface area contributed by atoms with Gasteiger partial charge >= 0.3 is 0 Å². The first kappa shape index (κ1) is 18.8. The van der Waals surface area contributed by atoms with E-state index in [1.54, 1.807) is 36.3 Å². The molecular weight excluding hydrogens is 362 g/mol. The maximum Gasteiger partial charge on any atom is 0.236 e. The van der Waals surface area contributed by atoms with Gasteiger partial charge in [0.15, 0.2) is 0 Å². The van der Waals surface area contributed by atoms with Crippen molar-refractivity contribution >= 4 is 11.6 Å². The highest BCUT2D eigenvalue weighted by Crippen LogP contribution is 2.44. The predicted molar refractivity (Wildman–Crippen MR) is 114 cm³/mol. The van der Waals surface area contributed by atoms with Crippen LogP contribution in [0.1, 0.15) is 17.2 Å². The number of phenols is 1. The third-order valence-electron chi connectivity index (χ3n) is 5.27. The molecule has 4 nitrogen and oxygen atoms in total. The van der Waals surface area contributed by atoms with Gasteiger partial charge in [0.2, 0.25) is 5.91 Å². The van der Waals surface area contributed by atoms with E-state index < -0.39 is 0 Å². The normalized spacial score (nSPS) is 18.7. The maximum absolute atomic E-state index is 13.0. The van der Waals surface area contributed by atoms with Crippen LogP contribution in [0.25, 0.3) is 0 Å². The number of aromatic hydroxyl groups is 1. The number of benzene rings is 3. The summed E-state index contributed by atoms with van der Waals surface area (Å²) >= 11 is 0. The summed E-state index contributed by atoms with van der Waals surface area (Å²) in [7, 11) is 1.65. The molecule has 0 unspecified atom stereocenters. The molecule has 1 heterocycles. The highest BCUT2D eigenvalue weighted by Gasteiger charge is 2.47. The van der Waals surface area contributed by atoms with Gasteiger partial charge in [-0.3, -0.25) is 4.79 Å². The average Bonchev–Trinajstić information content (AvgIpc) is 2.77. The summed E-state index contributed by atoms with van der Waals surface area (Å²) in [5, 5.41) is 9.56. The number of methoxy groups -OCH3 is 1. The molecule has 1 aliphatic heterocycles. The smallest absolute Gasteiger partial charge is 0.236 e. The lowest BCUT2D eigenvalue weighted by atomic mass is 9.81. The number of phenolic OH excluding ortho intramolecular Hbond substituents is 1. The Hall–Kier alpha value is -3.53. The van der Waals surface area contributed by atoms with Crippen LogP contribution < -0.4 is 9.64 Å². The molecule has 4 rings (SSSR count). The summed E-state index contributed by atoms with van der Waals surface area (Å²) in [6.07, 6.45) is 4.84. The standard InChI is InChI=1S/C25H23NO3/c1-29-22-16-10-18(11-17-22)6-5-9-23-24(19-7-3-2-4-8-19)26(25(23)28)20-12-14-21(27)15-13-20/h2-5,7-17,23-24,27H,6H2,1H3/b9-5+/t23-,24-/m1/s1. The van der Waals surface area contributed by atoms with Gasteiger partial charge in [0.25, 0.3) is 0 Å². The highest BCUT2D eigenvalue weighted by atomic mass is 16.5. The van der Waals surface area contributed by atoms with Crippen LogP contribution in [-0.4, -0.2) is 18.1 Å². The van der Waals surface area contributed by atoms with Gasteiger partial charge in [0.05, 0.1) is 19.1 Å². The largest absolute Gasteiger partial charge is 0.508 e. The summed E-state index contributed by atoms with van der Waals surface area (Å²) in [5.41, 5.74) is 3.06. The highest BCUT2D eigenvalue weighted by molar-refractivity contribution is 6.04. The van der Waals surface area contributed by atoms with E-state index in [4.69, 9.17) is 4.74 Å². The predicted octanol–water partition coefficient (Wildman–Crippen LogP) is 4.90. The first-order valence-corrected chi connectivity index (χ1v) is 9.64. The molecule has 2 atom stereocenters. The molecule has 0 aliphatic carbocycles. The number of carbonyl (C=O) groups is 1. The second kappa shape index (κ2) is 8.23. The van der Waals surface area contributed by atoms with E-state index >= 15 is 0 Å². The molecule has 146 valence electrons. The Labute approximate surface area is 170 Å². The molecule has 0 spiro atoms. The molecule has 1 fully saturated rings. The van der Waals surface area contributed by atoms with E-state index in [2.05, 4.69) is 18.2 Å². The van der Waals surface area contributed by atoms with E-state index in [1.165, 1.54) is 5.56 Å². The molecular formula is C25H23NO3. The van der Waals surface area contributed by atoms with Gasteiger partial charge in [0.1, 0.15) is 11.5 Å². The van der Waals surface area contributed by atoms with Crippen LogP contribution >= 0.6 is 0 Å². The van der Waals surface area contributed by atoms with Crippen molar-refractivity contribution in [3.63, 3.8) is 0 Å². The SMILES string of the molecule is COc1ccc(C/C=C/[C@H]2C(=O)N(c3ccc(O)cc3)[C@@H]2c2ccccc2)cc1. The number of anilines is 1. The first-order chi connectivity index (χ1) is 14.2. The number of β-lactam (4-membered cyclic amide) rings is 1. The Morgan fingerprint density at radius 1 is 0.966 bits per heavy atom. The number of allylic oxidation sites excluding steroid dienone is 1. The van der Waals surface area contributed by atoms with Crippen molar-refractivity contribution in [2.45, 2.75) is 12.5 Å².